The SMILES string of the molecule is CC(=O)N1CCC(C(=O)N2CCC(N(C)C(=O)c3ccc(F)c(C(F)(F)F)c3)C(c3ccc(F)cc3)C2)CC1. The van der Waals surface area contributed by atoms with Crippen molar-refractivity contribution in [3.8, 4) is 0 Å². The molecule has 2 unspecified atom stereocenters. The van der Waals surface area contributed by atoms with Crippen LogP contribution in [0.25, 0.3) is 0 Å². The number of carbonyl (C=O) groups is 3. The number of halogens is 5. The van der Waals surface area contributed by atoms with Crippen LogP contribution in [0.3, 0.4) is 0 Å². The summed E-state index contributed by atoms with van der Waals surface area (Å²) in [6, 6.07) is 7.35. The average molecular weight is 552 g/mol. The molecule has 2 saturated heterocycles. The summed E-state index contributed by atoms with van der Waals surface area (Å²) in [4.78, 5) is 43.1. The Morgan fingerprint density at radius 3 is 2.10 bits per heavy atom. The normalized spacial score (nSPS) is 20.6. The highest BCUT2D eigenvalue weighted by Gasteiger charge is 2.40. The molecule has 2 atom stereocenters. The molecule has 0 spiro atoms. The Labute approximate surface area is 223 Å². The standard InChI is InChI=1S/C28H30F5N3O3/c1-17(37)35-12-9-19(10-13-35)27(39)36-14-11-25(22(16-36)18-3-6-21(29)7-4-18)34(2)26(38)20-5-8-24(30)23(15-20)28(31,32)33/h3-8,15,19,22,25H,9-14,16H2,1-2H3. The fourth-order valence-electron chi connectivity index (χ4n) is 5.57. The molecule has 4 rings (SSSR count). The second-order valence-corrected chi connectivity index (χ2v) is 10.2. The maximum Gasteiger partial charge on any atom is 0.419 e. The summed E-state index contributed by atoms with van der Waals surface area (Å²) in [5, 5.41) is 0. The van der Waals surface area contributed by atoms with Gasteiger partial charge in [-0.1, -0.05) is 12.1 Å². The zero-order chi connectivity index (χ0) is 28.5. The van der Waals surface area contributed by atoms with Crippen molar-refractivity contribution in [2.24, 2.45) is 5.92 Å². The number of amides is 3. The Bertz CT molecular complexity index is 1230. The van der Waals surface area contributed by atoms with Crippen LogP contribution in [-0.2, 0) is 15.8 Å². The number of benzene rings is 2. The smallest absolute Gasteiger partial charge is 0.343 e. The largest absolute Gasteiger partial charge is 0.419 e. The van der Waals surface area contributed by atoms with E-state index in [2.05, 4.69) is 0 Å². The second kappa shape index (κ2) is 11.3. The molecule has 0 radical (unpaired) electrons. The molecule has 0 aromatic heterocycles. The van der Waals surface area contributed by atoms with E-state index in [4.69, 9.17) is 0 Å². The Balaban J connectivity index is 1.56. The molecule has 3 amide bonds. The number of nitrogens with zero attached hydrogens (tertiary/aromatic N) is 3. The lowest BCUT2D eigenvalue weighted by Crippen LogP contribution is -2.53. The zero-order valence-electron chi connectivity index (χ0n) is 21.7. The molecule has 0 N–H and O–H groups in total. The highest BCUT2D eigenvalue weighted by Crippen LogP contribution is 2.35. The molecule has 2 fully saturated rings. The maximum atomic E-state index is 13.8. The molecular weight excluding hydrogens is 521 g/mol. The number of hydrogen-bond acceptors (Lipinski definition) is 3. The van der Waals surface area contributed by atoms with Crippen LogP contribution in [0.15, 0.2) is 42.5 Å². The molecule has 39 heavy (non-hydrogen) atoms. The van der Waals surface area contributed by atoms with Gasteiger partial charge in [-0.3, -0.25) is 14.4 Å². The Kier molecular flexibility index (Phi) is 8.27. The fraction of sp³-hybridized carbons (Fsp3) is 0.464. The number of carbonyl (C=O) groups excluding carboxylic acids is 3. The minimum atomic E-state index is -4.96. The van der Waals surface area contributed by atoms with Crippen molar-refractivity contribution in [3.05, 3.63) is 70.8 Å². The van der Waals surface area contributed by atoms with Crippen LogP contribution < -0.4 is 0 Å². The van der Waals surface area contributed by atoms with E-state index >= 15 is 0 Å². The summed E-state index contributed by atoms with van der Waals surface area (Å²) in [5.74, 6) is -3.39. The first kappa shape index (κ1) is 28.5. The fourth-order valence-corrected chi connectivity index (χ4v) is 5.57. The van der Waals surface area contributed by atoms with Gasteiger partial charge in [-0.15, -0.1) is 0 Å². The first-order chi connectivity index (χ1) is 18.4. The van der Waals surface area contributed by atoms with Crippen LogP contribution in [0.4, 0.5) is 22.0 Å². The molecule has 11 heteroatoms. The van der Waals surface area contributed by atoms with Gasteiger partial charge < -0.3 is 14.7 Å². The van der Waals surface area contributed by atoms with Gasteiger partial charge in [-0.2, -0.15) is 13.2 Å². The lowest BCUT2D eigenvalue weighted by atomic mass is 9.83. The third-order valence-corrected chi connectivity index (χ3v) is 7.81. The van der Waals surface area contributed by atoms with E-state index in [-0.39, 0.29) is 29.8 Å². The first-order valence-corrected chi connectivity index (χ1v) is 12.8. The Hall–Kier alpha value is -3.50. The molecular formula is C28H30F5N3O3. The summed E-state index contributed by atoms with van der Waals surface area (Å²) in [7, 11) is 1.47. The van der Waals surface area contributed by atoms with Crippen LogP contribution in [0.1, 0.15) is 53.6 Å². The van der Waals surface area contributed by atoms with E-state index < -0.39 is 41.2 Å². The molecule has 0 aliphatic carbocycles. The predicted octanol–water partition coefficient (Wildman–Crippen LogP) is 4.70. The Morgan fingerprint density at radius 1 is 0.897 bits per heavy atom. The van der Waals surface area contributed by atoms with E-state index in [0.29, 0.717) is 56.6 Å². The number of likely N-dealkylation sites (tertiary alicyclic amines) is 2. The van der Waals surface area contributed by atoms with Gasteiger partial charge in [0.15, 0.2) is 0 Å². The minimum Gasteiger partial charge on any atom is -0.343 e. The van der Waals surface area contributed by atoms with Crippen molar-refractivity contribution in [2.75, 3.05) is 33.2 Å². The van der Waals surface area contributed by atoms with Crippen molar-refractivity contribution >= 4 is 17.7 Å². The quantitative estimate of drug-likeness (QED) is 0.518. The third-order valence-electron chi connectivity index (χ3n) is 7.81. The van der Waals surface area contributed by atoms with Gasteiger partial charge in [0.1, 0.15) is 11.6 Å². The number of alkyl halides is 3. The summed E-state index contributed by atoms with van der Waals surface area (Å²) in [5.41, 5.74) is -1.15. The minimum absolute atomic E-state index is 0.0331. The number of piperidine rings is 2. The van der Waals surface area contributed by atoms with Gasteiger partial charge in [0.05, 0.1) is 5.56 Å². The molecule has 210 valence electrons. The highest BCUT2D eigenvalue weighted by atomic mass is 19.4. The van der Waals surface area contributed by atoms with Crippen LogP contribution in [0.2, 0.25) is 0 Å². The topological polar surface area (TPSA) is 60.9 Å². The van der Waals surface area contributed by atoms with Gasteiger partial charge in [-0.25, -0.2) is 8.78 Å². The van der Waals surface area contributed by atoms with Crippen molar-refractivity contribution < 1.29 is 36.3 Å². The molecule has 0 saturated carbocycles. The van der Waals surface area contributed by atoms with Crippen molar-refractivity contribution in [2.45, 2.75) is 44.3 Å². The van der Waals surface area contributed by atoms with E-state index in [1.165, 1.54) is 31.0 Å². The van der Waals surface area contributed by atoms with Gasteiger partial charge in [0.25, 0.3) is 5.91 Å². The van der Waals surface area contributed by atoms with Gasteiger partial charge in [-0.05, 0) is 55.2 Å². The van der Waals surface area contributed by atoms with Gasteiger partial charge in [0, 0.05) is 63.6 Å². The summed E-state index contributed by atoms with van der Waals surface area (Å²) >= 11 is 0. The van der Waals surface area contributed by atoms with Crippen molar-refractivity contribution in [1.29, 1.82) is 0 Å². The van der Waals surface area contributed by atoms with E-state index in [1.54, 1.807) is 21.9 Å². The number of hydrogen-bond donors (Lipinski definition) is 0. The first-order valence-electron chi connectivity index (χ1n) is 12.8. The number of rotatable bonds is 4. The van der Waals surface area contributed by atoms with E-state index in [0.717, 1.165) is 6.07 Å². The lowest BCUT2D eigenvalue weighted by Gasteiger charge is -2.44. The maximum absolute atomic E-state index is 13.8. The van der Waals surface area contributed by atoms with Crippen molar-refractivity contribution in [3.63, 3.8) is 0 Å². The lowest BCUT2D eigenvalue weighted by molar-refractivity contribution is -0.141. The zero-order valence-corrected chi connectivity index (χ0v) is 21.7. The van der Waals surface area contributed by atoms with E-state index in [9.17, 15) is 36.3 Å². The van der Waals surface area contributed by atoms with Crippen LogP contribution >= 0.6 is 0 Å². The highest BCUT2D eigenvalue weighted by molar-refractivity contribution is 5.94. The predicted molar refractivity (Wildman–Crippen MR) is 133 cm³/mol. The molecule has 2 aliphatic heterocycles. The van der Waals surface area contributed by atoms with Crippen LogP contribution in [0, 0.1) is 17.6 Å². The van der Waals surface area contributed by atoms with Gasteiger partial charge in [0.2, 0.25) is 11.8 Å². The van der Waals surface area contributed by atoms with Crippen molar-refractivity contribution in [1.82, 2.24) is 14.7 Å². The molecule has 2 heterocycles. The average Bonchev–Trinajstić information content (AvgIpc) is 2.91. The monoisotopic (exact) mass is 551 g/mol. The molecule has 6 nitrogen and oxygen atoms in total. The Morgan fingerprint density at radius 2 is 1.51 bits per heavy atom. The molecule has 2 aromatic carbocycles. The van der Waals surface area contributed by atoms with Gasteiger partial charge >= 0.3 is 6.18 Å². The second-order valence-electron chi connectivity index (χ2n) is 10.2. The summed E-state index contributed by atoms with van der Waals surface area (Å²) < 4.78 is 67.2. The molecule has 2 aliphatic rings. The number of likely N-dealkylation sites (N-methyl/N-ethyl adjacent to an activating group) is 1. The van der Waals surface area contributed by atoms with Crippen LogP contribution in [0.5, 0.6) is 0 Å². The summed E-state index contributed by atoms with van der Waals surface area (Å²) in [6.45, 7) is 3.05. The van der Waals surface area contributed by atoms with Crippen LogP contribution in [-0.4, -0.2) is 71.7 Å². The third kappa shape index (κ3) is 6.23. The molecule has 2 aromatic rings. The summed E-state index contributed by atoms with van der Waals surface area (Å²) in [6.07, 6.45) is -3.52. The van der Waals surface area contributed by atoms with E-state index in [1.807, 2.05) is 0 Å². The molecule has 0 bridgehead atoms.